The van der Waals surface area contributed by atoms with Crippen molar-refractivity contribution in [2.24, 2.45) is 0 Å². The standard InChI is InChI=1S/C15H19ClN2O2S/c1-4-11(3)18(5-2)21(19,20)13-7-8-14-12(10-13)6-9-15(16)17-14/h6-11H,4-5H2,1-3H3. The molecule has 4 nitrogen and oxygen atoms in total. The van der Waals surface area contributed by atoms with Crippen molar-refractivity contribution in [3.63, 3.8) is 0 Å². The summed E-state index contributed by atoms with van der Waals surface area (Å²) in [5.74, 6) is 0. The Morgan fingerprint density at radius 3 is 2.57 bits per heavy atom. The van der Waals surface area contributed by atoms with Crippen LogP contribution in [0.3, 0.4) is 0 Å². The van der Waals surface area contributed by atoms with E-state index in [2.05, 4.69) is 4.98 Å². The Bertz CT molecular complexity index is 746. The highest BCUT2D eigenvalue weighted by Gasteiger charge is 2.26. The average molecular weight is 327 g/mol. The van der Waals surface area contributed by atoms with Gasteiger partial charge in [0.1, 0.15) is 5.15 Å². The molecule has 21 heavy (non-hydrogen) atoms. The molecule has 0 aliphatic rings. The predicted octanol–water partition coefficient (Wildman–Crippen LogP) is 3.70. The van der Waals surface area contributed by atoms with Crippen LogP contribution in [0.4, 0.5) is 0 Å². The summed E-state index contributed by atoms with van der Waals surface area (Å²) in [4.78, 5) is 4.46. The molecular weight excluding hydrogens is 308 g/mol. The number of pyridine rings is 1. The van der Waals surface area contributed by atoms with E-state index in [4.69, 9.17) is 11.6 Å². The molecule has 0 N–H and O–H groups in total. The highest BCUT2D eigenvalue weighted by Crippen LogP contribution is 2.24. The van der Waals surface area contributed by atoms with E-state index >= 15 is 0 Å². The van der Waals surface area contributed by atoms with Crippen LogP contribution >= 0.6 is 11.6 Å². The summed E-state index contributed by atoms with van der Waals surface area (Å²) in [5, 5.41) is 1.16. The van der Waals surface area contributed by atoms with E-state index in [0.717, 1.165) is 11.8 Å². The third-order valence-electron chi connectivity index (χ3n) is 3.63. The Morgan fingerprint density at radius 1 is 1.24 bits per heavy atom. The van der Waals surface area contributed by atoms with Gasteiger partial charge in [-0.2, -0.15) is 4.31 Å². The first kappa shape index (κ1) is 16.2. The van der Waals surface area contributed by atoms with Crippen molar-refractivity contribution in [3.05, 3.63) is 35.5 Å². The van der Waals surface area contributed by atoms with Crippen molar-refractivity contribution in [2.45, 2.75) is 38.1 Å². The summed E-state index contributed by atoms with van der Waals surface area (Å²) in [5.41, 5.74) is 0.688. The first-order valence-electron chi connectivity index (χ1n) is 6.98. The summed E-state index contributed by atoms with van der Waals surface area (Å²) < 4.78 is 27.0. The van der Waals surface area contributed by atoms with Crippen LogP contribution in [0.25, 0.3) is 10.9 Å². The van der Waals surface area contributed by atoms with Gasteiger partial charge in [-0.25, -0.2) is 13.4 Å². The van der Waals surface area contributed by atoms with Crippen LogP contribution in [-0.4, -0.2) is 30.3 Å². The Morgan fingerprint density at radius 2 is 1.95 bits per heavy atom. The summed E-state index contributed by atoms with van der Waals surface area (Å²) >= 11 is 5.84. The lowest BCUT2D eigenvalue weighted by Gasteiger charge is -2.26. The van der Waals surface area contributed by atoms with Crippen molar-refractivity contribution < 1.29 is 8.42 Å². The first-order chi connectivity index (χ1) is 9.90. The van der Waals surface area contributed by atoms with Gasteiger partial charge in [-0.05, 0) is 43.7 Å². The van der Waals surface area contributed by atoms with E-state index in [1.54, 1.807) is 30.3 Å². The molecule has 114 valence electrons. The van der Waals surface area contributed by atoms with Crippen molar-refractivity contribution in [3.8, 4) is 0 Å². The second kappa shape index (κ2) is 6.30. The Kier molecular flexibility index (Phi) is 4.86. The number of sulfonamides is 1. The van der Waals surface area contributed by atoms with Crippen molar-refractivity contribution in [1.29, 1.82) is 0 Å². The van der Waals surface area contributed by atoms with Crippen LogP contribution in [0.2, 0.25) is 5.15 Å². The van der Waals surface area contributed by atoms with E-state index in [1.165, 1.54) is 4.31 Å². The summed E-state index contributed by atoms with van der Waals surface area (Å²) in [6.07, 6.45) is 0.776. The molecule has 1 unspecified atom stereocenters. The fourth-order valence-corrected chi connectivity index (χ4v) is 4.20. The second-order valence-electron chi connectivity index (χ2n) is 4.95. The van der Waals surface area contributed by atoms with Crippen molar-refractivity contribution in [2.75, 3.05) is 6.54 Å². The fraction of sp³-hybridized carbons (Fsp3) is 0.400. The summed E-state index contributed by atoms with van der Waals surface area (Å²) in [6, 6.07) is 8.35. The number of nitrogens with zero attached hydrogens (tertiary/aromatic N) is 2. The summed E-state index contributed by atoms with van der Waals surface area (Å²) in [6.45, 7) is 6.21. The normalized spacial score (nSPS) is 13.8. The van der Waals surface area contributed by atoms with Crippen LogP contribution in [0.5, 0.6) is 0 Å². The molecule has 1 aromatic carbocycles. The molecule has 0 saturated carbocycles. The number of benzene rings is 1. The molecule has 0 radical (unpaired) electrons. The lowest BCUT2D eigenvalue weighted by molar-refractivity contribution is 0.342. The van der Waals surface area contributed by atoms with Gasteiger partial charge in [-0.15, -0.1) is 0 Å². The van der Waals surface area contributed by atoms with E-state index in [1.807, 2.05) is 20.8 Å². The number of rotatable bonds is 5. The van der Waals surface area contributed by atoms with Crippen molar-refractivity contribution >= 4 is 32.5 Å². The van der Waals surface area contributed by atoms with Gasteiger partial charge in [0.2, 0.25) is 10.0 Å². The fourth-order valence-electron chi connectivity index (χ4n) is 2.30. The molecular formula is C15H19ClN2O2S. The van der Waals surface area contributed by atoms with Gasteiger partial charge in [0.15, 0.2) is 0 Å². The Balaban J connectivity index is 2.51. The monoisotopic (exact) mass is 326 g/mol. The Hall–Kier alpha value is -1.17. The quantitative estimate of drug-likeness (QED) is 0.787. The van der Waals surface area contributed by atoms with E-state index in [0.29, 0.717) is 22.1 Å². The molecule has 1 aromatic heterocycles. The maximum absolute atomic E-state index is 12.8. The van der Waals surface area contributed by atoms with Crippen LogP contribution in [0.15, 0.2) is 35.2 Å². The highest BCUT2D eigenvalue weighted by molar-refractivity contribution is 7.89. The topological polar surface area (TPSA) is 50.3 Å². The summed E-state index contributed by atoms with van der Waals surface area (Å²) in [7, 11) is -3.49. The predicted molar refractivity (Wildman–Crippen MR) is 86.1 cm³/mol. The number of fused-ring (bicyclic) bond motifs is 1. The van der Waals surface area contributed by atoms with Gasteiger partial charge in [0, 0.05) is 18.0 Å². The van der Waals surface area contributed by atoms with E-state index in [9.17, 15) is 8.42 Å². The molecule has 2 aromatic rings. The molecule has 0 fully saturated rings. The zero-order valence-electron chi connectivity index (χ0n) is 12.4. The zero-order valence-corrected chi connectivity index (χ0v) is 13.9. The zero-order chi connectivity index (χ0) is 15.6. The van der Waals surface area contributed by atoms with Gasteiger partial charge in [-0.3, -0.25) is 0 Å². The average Bonchev–Trinajstić information content (AvgIpc) is 2.46. The number of aromatic nitrogens is 1. The number of halogens is 1. The molecule has 1 atom stereocenters. The highest BCUT2D eigenvalue weighted by atomic mass is 35.5. The molecule has 0 amide bonds. The van der Waals surface area contributed by atoms with Crippen LogP contribution < -0.4 is 0 Å². The molecule has 1 heterocycles. The van der Waals surface area contributed by atoms with Gasteiger partial charge in [0.05, 0.1) is 10.4 Å². The molecule has 6 heteroatoms. The van der Waals surface area contributed by atoms with Gasteiger partial charge < -0.3 is 0 Å². The number of hydrogen-bond acceptors (Lipinski definition) is 3. The SMILES string of the molecule is CCC(C)N(CC)S(=O)(=O)c1ccc2nc(Cl)ccc2c1. The van der Waals surface area contributed by atoms with Crippen LogP contribution in [0.1, 0.15) is 27.2 Å². The molecule has 0 spiro atoms. The maximum atomic E-state index is 12.8. The lowest BCUT2D eigenvalue weighted by Crippen LogP contribution is -2.38. The molecule has 0 bridgehead atoms. The third kappa shape index (κ3) is 3.20. The van der Waals surface area contributed by atoms with E-state index in [-0.39, 0.29) is 6.04 Å². The van der Waals surface area contributed by atoms with Gasteiger partial charge in [0.25, 0.3) is 0 Å². The Labute approximate surface area is 130 Å². The largest absolute Gasteiger partial charge is 0.243 e. The van der Waals surface area contributed by atoms with Crippen LogP contribution in [0, 0.1) is 0 Å². The minimum Gasteiger partial charge on any atom is -0.236 e. The minimum atomic E-state index is -3.49. The first-order valence-corrected chi connectivity index (χ1v) is 8.80. The van der Waals surface area contributed by atoms with Gasteiger partial charge >= 0.3 is 0 Å². The second-order valence-corrected chi connectivity index (χ2v) is 7.23. The third-order valence-corrected chi connectivity index (χ3v) is 5.92. The number of hydrogen-bond donors (Lipinski definition) is 0. The maximum Gasteiger partial charge on any atom is 0.243 e. The smallest absolute Gasteiger partial charge is 0.236 e. The van der Waals surface area contributed by atoms with E-state index < -0.39 is 10.0 Å². The molecule has 0 aliphatic heterocycles. The minimum absolute atomic E-state index is 0.0287. The lowest BCUT2D eigenvalue weighted by atomic mass is 10.2. The van der Waals surface area contributed by atoms with Crippen molar-refractivity contribution in [1.82, 2.24) is 9.29 Å². The molecule has 2 rings (SSSR count). The van der Waals surface area contributed by atoms with Crippen LogP contribution in [-0.2, 0) is 10.0 Å². The molecule has 0 saturated heterocycles. The molecule has 0 aliphatic carbocycles. The van der Waals surface area contributed by atoms with Gasteiger partial charge in [-0.1, -0.05) is 25.4 Å².